The monoisotopic (exact) mass is 310 g/mol. The molecule has 21 heavy (non-hydrogen) atoms. The average Bonchev–Trinajstić information content (AvgIpc) is 2.51. The minimum atomic E-state index is -0.598. The first-order valence-corrected chi connectivity index (χ1v) is 8.21. The second-order valence-corrected chi connectivity index (χ2v) is 5.48. The summed E-state index contributed by atoms with van der Waals surface area (Å²) in [6, 6.07) is 8.96. The van der Waals surface area contributed by atoms with Crippen LogP contribution in [-0.4, -0.2) is 43.7 Å². The molecule has 0 aliphatic rings. The Morgan fingerprint density at radius 3 is 2.62 bits per heavy atom. The van der Waals surface area contributed by atoms with Gasteiger partial charge in [0, 0.05) is 6.54 Å². The molecule has 0 heterocycles. The molecule has 2 amide bonds. The summed E-state index contributed by atoms with van der Waals surface area (Å²) in [5.74, 6) is 0.367. The molecule has 0 saturated carbocycles. The summed E-state index contributed by atoms with van der Waals surface area (Å²) in [6.45, 7) is 0.520. The van der Waals surface area contributed by atoms with Crippen LogP contribution in [0.5, 0.6) is 0 Å². The molecule has 0 aliphatic carbocycles. The molecule has 0 unspecified atom stereocenters. The Morgan fingerprint density at radius 1 is 1.29 bits per heavy atom. The molecule has 2 N–H and O–H groups in total. The predicted octanol–water partition coefficient (Wildman–Crippen LogP) is 1.82. The van der Waals surface area contributed by atoms with E-state index in [4.69, 9.17) is 4.74 Å². The summed E-state index contributed by atoms with van der Waals surface area (Å²) >= 11 is 1.62. The number of esters is 1. The largest absolute Gasteiger partial charge is 0.467 e. The van der Waals surface area contributed by atoms with Crippen LogP contribution < -0.4 is 10.6 Å². The summed E-state index contributed by atoms with van der Waals surface area (Å²) in [7, 11) is 1.32. The van der Waals surface area contributed by atoms with Crippen molar-refractivity contribution in [3.8, 4) is 0 Å². The molecule has 0 aliphatic heterocycles. The number of carbonyl (C=O) groups is 2. The van der Waals surface area contributed by atoms with E-state index in [1.165, 1.54) is 7.11 Å². The first-order valence-electron chi connectivity index (χ1n) is 6.82. The van der Waals surface area contributed by atoms with Crippen molar-refractivity contribution in [2.24, 2.45) is 0 Å². The summed E-state index contributed by atoms with van der Waals surface area (Å²) in [5, 5.41) is 5.40. The van der Waals surface area contributed by atoms with Crippen molar-refractivity contribution in [3.63, 3.8) is 0 Å². The number of hydrogen-bond acceptors (Lipinski definition) is 4. The normalized spacial score (nSPS) is 11.5. The van der Waals surface area contributed by atoms with Gasteiger partial charge in [0.2, 0.25) is 0 Å². The van der Waals surface area contributed by atoms with Gasteiger partial charge in [-0.25, -0.2) is 9.59 Å². The maximum Gasteiger partial charge on any atom is 0.328 e. The quantitative estimate of drug-likeness (QED) is 0.719. The average molecular weight is 310 g/mol. The minimum absolute atomic E-state index is 0.345. The van der Waals surface area contributed by atoms with Crippen molar-refractivity contribution in [1.82, 2.24) is 10.6 Å². The SMILES string of the molecule is COC(=O)[C@H](CCSC)NC(=O)NCCc1ccccc1. The van der Waals surface area contributed by atoms with Crippen molar-refractivity contribution in [3.05, 3.63) is 35.9 Å². The van der Waals surface area contributed by atoms with E-state index in [2.05, 4.69) is 10.6 Å². The molecule has 0 saturated heterocycles. The molecule has 0 aromatic heterocycles. The Kier molecular flexibility index (Phi) is 8.35. The van der Waals surface area contributed by atoms with Crippen molar-refractivity contribution in [2.45, 2.75) is 18.9 Å². The lowest BCUT2D eigenvalue weighted by atomic mass is 10.1. The number of hydrogen-bond donors (Lipinski definition) is 2. The number of carbonyl (C=O) groups excluding carboxylic acids is 2. The number of benzene rings is 1. The lowest BCUT2D eigenvalue weighted by molar-refractivity contribution is -0.142. The van der Waals surface area contributed by atoms with Crippen LogP contribution in [0, 0.1) is 0 Å². The molecule has 6 heteroatoms. The molecule has 1 atom stereocenters. The van der Waals surface area contributed by atoms with Crippen LogP contribution in [0.25, 0.3) is 0 Å². The fraction of sp³-hybridized carbons (Fsp3) is 0.467. The third-order valence-electron chi connectivity index (χ3n) is 2.94. The van der Waals surface area contributed by atoms with Crippen LogP contribution in [-0.2, 0) is 16.0 Å². The maximum absolute atomic E-state index is 11.8. The predicted molar refractivity (Wildman–Crippen MR) is 85.5 cm³/mol. The molecule has 116 valence electrons. The zero-order valence-electron chi connectivity index (χ0n) is 12.4. The molecular weight excluding hydrogens is 288 g/mol. The van der Waals surface area contributed by atoms with Gasteiger partial charge >= 0.3 is 12.0 Å². The highest BCUT2D eigenvalue weighted by atomic mass is 32.2. The van der Waals surface area contributed by atoms with E-state index < -0.39 is 12.0 Å². The molecule has 1 rings (SSSR count). The highest BCUT2D eigenvalue weighted by Gasteiger charge is 2.20. The first kappa shape index (κ1) is 17.4. The smallest absolute Gasteiger partial charge is 0.328 e. The molecule has 5 nitrogen and oxygen atoms in total. The van der Waals surface area contributed by atoms with E-state index in [1.54, 1.807) is 11.8 Å². The lowest BCUT2D eigenvalue weighted by Crippen LogP contribution is -2.47. The van der Waals surface area contributed by atoms with Crippen LogP contribution in [0.4, 0.5) is 4.79 Å². The number of ether oxygens (including phenoxy) is 1. The zero-order chi connectivity index (χ0) is 15.5. The van der Waals surface area contributed by atoms with Gasteiger partial charge in [0.25, 0.3) is 0 Å². The third-order valence-corrected chi connectivity index (χ3v) is 3.59. The van der Waals surface area contributed by atoms with E-state index in [9.17, 15) is 9.59 Å². The van der Waals surface area contributed by atoms with Crippen LogP contribution >= 0.6 is 11.8 Å². The molecule has 1 aromatic rings. The van der Waals surface area contributed by atoms with Crippen LogP contribution in [0.1, 0.15) is 12.0 Å². The van der Waals surface area contributed by atoms with Crippen LogP contribution in [0.15, 0.2) is 30.3 Å². The second kappa shape index (κ2) is 10.1. The molecule has 0 radical (unpaired) electrons. The maximum atomic E-state index is 11.8. The van der Waals surface area contributed by atoms with Crippen molar-refractivity contribution in [2.75, 3.05) is 25.7 Å². The fourth-order valence-corrected chi connectivity index (χ4v) is 2.27. The van der Waals surface area contributed by atoms with Crippen molar-refractivity contribution >= 4 is 23.8 Å². The first-order chi connectivity index (χ1) is 10.2. The fourth-order valence-electron chi connectivity index (χ4n) is 1.80. The van der Waals surface area contributed by atoms with Crippen LogP contribution in [0.2, 0.25) is 0 Å². The van der Waals surface area contributed by atoms with Crippen molar-refractivity contribution in [1.29, 1.82) is 0 Å². The standard InChI is InChI=1S/C15H22N2O3S/c1-20-14(18)13(9-11-21-2)17-15(19)16-10-8-12-6-4-3-5-7-12/h3-7,13H,8-11H2,1-2H3,(H2,16,17,19)/t13-/m0/s1. The Hall–Kier alpha value is -1.69. The minimum Gasteiger partial charge on any atom is -0.467 e. The zero-order valence-corrected chi connectivity index (χ0v) is 13.2. The Balaban J connectivity index is 2.34. The lowest BCUT2D eigenvalue weighted by Gasteiger charge is -2.16. The van der Waals surface area contributed by atoms with Gasteiger partial charge in [-0.2, -0.15) is 11.8 Å². The third kappa shape index (κ3) is 7.04. The Bertz CT molecular complexity index is 440. The number of thioether (sulfide) groups is 1. The van der Waals surface area contributed by atoms with Gasteiger partial charge in [-0.1, -0.05) is 30.3 Å². The topological polar surface area (TPSA) is 67.4 Å². The number of rotatable bonds is 8. The molecule has 0 bridgehead atoms. The highest BCUT2D eigenvalue weighted by Crippen LogP contribution is 2.02. The van der Waals surface area contributed by atoms with Gasteiger partial charge in [0.05, 0.1) is 7.11 Å². The summed E-state index contributed by atoms with van der Waals surface area (Å²) < 4.78 is 4.69. The van der Waals surface area contributed by atoms with Gasteiger partial charge in [-0.3, -0.25) is 0 Å². The van der Waals surface area contributed by atoms with Gasteiger partial charge in [0.1, 0.15) is 6.04 Å². The number of amides is 2. The van der Waals surface area contributed by atoms with E-state index in [1.807, 2.05) is 36.6 Å². The Labute approximate surface area is 129 Å². The number of nitrogens with one attached hydrogen (secondary N) is 2. The molecule has 0 fully saturated rings. The van der Waals surface area contributed by atoms with Gasteiger partial charge < -0.3 is 15.4 Å². The van der Waals surface area contributed by atoms with Crippen LogP contribution in [0.3, 0.4) is 0 Å². The van der Waals surface area contributed by atoms with E-state index >= 15 is 0 Å². The van der Waals surface area contributed by atoms with E-state index in [0.29, 0.717) is 13.0 Å². The Morgan fingerprint density at radius 2 is 2.00 bits per heavy atom. The van der Waals surface area contributed by atoms with E-state index in [-0.39, 0.29) is 6.03 Å². The molecule has 0 spiro atoms. The molecule has 1 aromatic carbocycles. The second-order valence-electron chi connectivity index (χ2n) is 4.49. The highest BCUT2D eigenvalue weighted by molar-refractivity contribution is 7.98. The number of urea groups is 1. The van der Waals surface area contributed by atoms with Gasteiger partial charge in [-0.15, -0.1) is 0 Å². The summed E-state index contributed by atoms with van der Waals surface area (Å²) in [4.78, 5) is 23.4. The van der Waals surface area contributed by atoms with E-state index in [0.717, 1.165) is 17.7 Å². The summed E-state index contributed by atoms with van der Waals surface area (Å²) in [5.41, 5.74) is 1.16. The molecular formula is C15H22N2O3S. The summed E-state index contributed by atoms with van der Waals surface area (Å²) in [6.07, 6.45) is 3.26. The van der Waals surface area contributed by atoms with Gasteiger partial charge in [0.15, 0.2) is 0 Å². The van der Waals surface area contributed by atoms with Gasteiger partial charge in [-0.05, 0) is 30.4 Å². The number of methoxy groups -OCH3 is 1. The van der Waals surface area contributed by atoms with Crippen molar-refractivity contribution < 1.29 is 14.3 Å².